The van der Waals surface area contributed by atoms with Crippen LogP contribution < -0.4 is 20.2 Å². The van der Waals surface area contributed by atoms with Crippen molar-refractivity contribution in [1.82, 2.24) is 10.7 Å². The standard InChI is InChI=1S/C21H31N3O3/c1-17(2)12-15-24-23-14-7-5-6-13-22-21(25)11-9-18-8-10-19(26-3)20(16-18)27-4/h8-12,14,16,24H,5-7,13,15H2,1-4H3,(H,22,25)/b11-9-,23-14+. The molecule has 0 aliphatic rings. The van der Waals surface area contributed by atoms with Crippen LogP contribution in [-0.2, 0) is 4.79 Å². The summed E-state index contributed by atoms with van der Waals surface area (Å²) in [6, 6.07) is 5.51. The van der Waals surface area contributed by atoms with Gasteiger partial charge in [-0.15, -0.1) is 0 Å². The van der Waals surface area contributed by atoms with Gasteiger partial charge in [-0.25, -0.2) is 0 Å². The van der Waals surface area contributed by atoms with Crippen molar-refractivity contribution in [3.8, 4) is 11.5 Å². The summed E-state index contributed by atoms with van der Waals surface area (Å²) in [4.78, 5) is 11.9. The number of nitrogens with one attached hydrogen (secondary N) is 2. The number of hydrogen-bond donors (Lipinski definition) is 2. The number of benzene rings is 1. The maximum Gasteiger partial charge on any atom is 0.243 e. The topological polar surface area (TPSA) is 72.0 Å². The van der Waals surface area contributed by atoms with E-state index in [1.165, 1.54) is 11.6 Å². The average Bonchev–Trinajstić information content (AvgIpc) is 2.67. The van der Waals surface area contributed by atoms with Gasteiger partial charge in [0, 0.05) is 18.8 Å². The highest BCUT2D eigenvalue weighted by Crippen LogP contribution is 2.27. The third kappa shape index (κ3) is 10.1. The van der Waals surface area contributed by atoms with Crippen molar-refractivity contribution in [2.75, 3.05) is 27.3 Å². The molecule has 1 rings (SSSR count). The van der Waals surface area contributed by atoms with Crippen molar-refractivity contribution in [3.63, 3.8) is 0 Å². The van der Waals surface area contributed by atoms with Crippen LogP contribution >= 0.6 is 0 Å². The van der Waals surface area contributed by atoms with Gasteiger partial charge in [0.2, 0.25) is 5.91 Å². The number of allylic oxidation sites excluding steroid dienone is 1. The molecule has 6 nitrogen and oxygen atoms in total. The predicted molar refractivity (Wildman–Crippen MR) is 111 cm³/mol. The molecular weight excluding hydrogens is 342 g/mol. The van der Waals surface area contributed by atoms with Crippen LogP contribution in [0.1, 0.15) is 38.7 Å². The molecule has 0 unspecified atom stereocenters. The van der Waals surface area contributed by atoms with E-state index in [2.05, 4.69) is 35.8 Å². The summed E-state index contributed by atoms with van der Waals surface area (Å²) in [5, 5.41) is 7.01. The van der Waals surface area contributed by atoms with Crippen LogP contribution in [-0.4, -0.2) is 39.4 Å². The molecule has 1 amide bonds. The van der Waals surface area contributed by atoms with Gasteiger partial charge in [-0.05, 0) is 56.9 Å². The molecule has 0 radical (unpaired) electrons. The third-order valence-corrected chi connectivity index (χ3v) is 3.68. The number of amides is 1. The smallest absolute Gasteiger partial charge is 0.243 e. The SMILES string of the molecule is COc1ccc(/C=C\C(=O)NCCCC/C=N/NCC=C(C)C)cc1OC. The van der Waals surface area contributed by atoms with E-state index < -0.39 is 0 Å². The number of nitrogens with zero attached hydrogens (tertiary/aromatic N) is 1. The molecule has 0 bridgehead atoms. The molecule has 0 aliphatic carbocycles. The van der Waals surface area contributed by atoms with Gasteiger partial charge >= 0.3 is 0 Å². The first kappa shape index (κ1) is 22.3. The van der Waals surface area contributed by atoms with E-state index in [4.69, 9.17) is 9.47 Å². The predicted octanol–water partition coefficient (Wildman–Crippen LogP) is 3.55. The van der Waals surface area contributed by atoms with Crippen LogP contribution in [0.5, 0.6) is 11.5 Å². The molecule has 6 heteroatoms. The molecule has 1 aromatic carbocycles. The lowest BCUT2D eigenvalue weighted by Gasteiger charge is -2.07. The summed E-state index contributed by atoms with van der Waals surface area (Å²) in [5.41, 5.74) is 5.12. The minimum atomic E-state index is -0.109. The Morgan fingerprint density at radius 2 is 1.93 bits per heavy atom. The van der Waals surface area contributed by atoms with E-state index in [9.17, 15) is 4.79 Å². The van der Waals surface area contributed by atoms with Gasteiger partial charge in [0.1, 0.15) is 0 Å². The molecule has 0 heterocycles. The van der Waals surface area contributed by atoms with Gasteiger partial charge < -0.3 is 20.2 Å². The minimum absolute atomic E-state index is 0.109. The third-order valence-electron chi connectivity index (χ3n) is 3.68. The number of unbranched alkanes of at least 4 members (excludes halogenated alkanes) is 2. The van der Waals surface area contributed by atoms with Gasteiger partial charge in [0.05, 0.1) is 20.8 Å². The maximum absolute atomic E-state index is 11.9. The van der Waals surface area contributed by atoms with Gasteiger partial charge in [-0.3, -0.25) is 4.79 Å². The van der Waals surface area contributed by atoms with E-state index in [1.807, 2.05) is 24.4 Å². The lowest BCUT2D eigenvalue weighted by Crippen LogP contribution is -2.22. The summed E-state index contributed by atoms with van der Waals surface area (Å²) in [6.45, 7) is 5.51. The van der Waals surface area contributed by atoms with E-state index in [0.29, 0.717) is 18.0 Å². The van der Waals surface area contributed by atoms with Crippen molar-refractivity contribution in [2.45, 2.75) is 33.1 Å². The number of rotatable bonds is 12. The fraction of sp³-hybridized carbons (Fsp3) is 0.429. The van der Waals surface area contributed by atoms with Gasteiger partial charge in [0.15, 0.2) is 11.5 Å². The number of methoxy groups -OCH3 is 2. The average molecular weight is 373 g/mol. The van der Waals surface area contributed by atoms with E-state index in [0.717, 1.165) is 31.4 Å². The number of carbonyl (C=O) groups is 1. The molecule has 0 aromatic heterocycles. The molecule has 0 atom stereocenters. The van der Waals surface area contributed by atoms with Crippen LogP contribution in [0, 0.1) is 0 Å². The maximum atomic E-state index is 11.9. The van der Waals surface area contributed by atoms with Crippen molar-refractivity contribution < 1.29 is 14.3 Å². The molecule has 27 heavy (non-hydrogen) atoms. The summed E-state index contributed by atoms with van der Waals surface area (Å²) in [5.74, 6) is 1.19. The lowest BCUT2D eigenvalue weighted by atomic mass is 10.2. The van der Waals surface area contributed by atoms with Gasteiger partial charge in [-0.1, -0.05) is 17.7 Å². The van der Waals surface area contributed by atoms with Crippen LogP contribution in [0.25, 0.3) is 6.08 Å². The fourth-order valence-corrected chi connectivity index (χ4v) is 2.19. The fourth-order valence-electron chi connectivity index (χ4n) is 2.19. The number of hydrazone groups is 1. The molecule has 2 N–H and O–H groups in total. The van der Waals surface area contributed by atoms with Crippen LogP contribution in [0.3, 0.4) is 0 Å². The Labute approximate surface area is 162 Å². The van der Waals surface area contributed by atoms with Crippen molar-refractivity contribution in [3.05, 3.63) is 41.5 Å². The largest absolute Gasteiger partial charge is 0.493 e. The van der Waals surface area contributed by atoms with Gasteiger partial charge in [-0.2, -0.15) is 5.10 Å². The zero-order chi connectivity index (χ0) is 19.9. The second-order valence-corrected chi connectivity index (χ2v) is 6.19. The molecule has 0 saturated heterocycles. The Balaban J connectivity index is 2.21. The van der Waals surface area contributed by atoms with E-state index in [-0.39, 0.29) is 5.91 Å². The molecular formula is C21H31N3O3. The number of carbonyl (C=O) groups excluding carboxylic acids is 1. The quantitative estimate of drug-likeness (QED) is 0.193. The first-order valence-corrected chi connectivity index (χ1v) is 9.12. The molecule has 1 aromatic rings. The van der Waals surface area contributed by atoms with E-state index in [1.54, 1.807) is 20.3 Å². The Bertz CT molecular complexity index is 663. The van der Waals surface area contributed by atoms with Crippen LogP contribution in [0.2, 0.25) is 0 Å². The normalized spacial score (nSPS) is 10.8. The van der Waals surface area contributed by atoms with Crippen LogP contribution in [0.15, 0.2) is 41.0 Å². The Morgan fingerprint density at radius 1 is 1.15 bits per heavy atom. The zero-order valence-corrected chi connectivity index (χ0v) is 16.7. The first-order valence-electron chi connectivity index (χ1n) is 9.12. The highest BCUT2D eigenvalue weighted by atomic mass is 16.5. The molecule has 0 spiro atoms. The highest BCUT2D eigenvalue weighted by molar-refractivity contribution is 5.91. The molecule has 0 fully saturated rings. The summed E-state index contributed by atoms with van der Waals surface area (Å²) in [6.07, 6.45) is 10.0. The van der Waals surface area contributed by atoms with Crippen molar-refractivity contribution >= 4 is 18.2 Å². The molecule has 148 valence electrons. The van der Waals surface area contributed by atoms with Crippen molar-refractivity contribution in [1.29, 1.82) is 0 Å². The van der Waals surface area contributed by atoms with E-state index >= 15 is 0 Å². The summed E-state index contributed by atoms with van der Waals surface area (Å²) >= 11 is 0. The second-order valence-electron chi connectivity index (χ2n) is 6.19. The van der Waals surface area contributed by atoms with Crippen molar-refractivity contribution in [2.24, 2.45) is 5.10 Å². The monoisotopic (exact) mass is 373 g/mol. The highest BCUT2D eigenvalue weighted by Gasteiger charge is 2.03. The Morgan fingerprint density at radius 3 is 2.63 bits per heavy atom. The first-order chi connectivity index (χ1) is 13.1. The zero-order valence-electron chi connectivity index (χ0n) is 16.7. The number of hydrogen-bond acceptors (Lipinski definition) is 5. The van der Waals surface area contributed by atoms with Gasteiger partial charge in [0.25, 0.3) is 0 Å². The Kier molecular flexibility index (Phi) is 11.1. The summed E-state index contributed by atoms with van der Waals surface area (Å²) in [7, 11) is 3.18. The van der Waals surface area contributed by atoms with Crippen LogP contribution in [0.4, 0.5) is 0 Å². The molecule has 0 saturated carbocycles. The number of ether oxygens (including phenoxy) is 2. The minimum Gasteiger partial charge on any atom is -0.493 e. The second kappa shape index (κ2) is 13.4. The Hall–Kier alpha value is -2.76. The molecule has 0 aliphatic heterocycles. The summed E-state index contributed by atoms with van der Waals surface area (Å²) < 4.78 is 10.4. The lowest BCUT2D eigenvalue weighted by molar-refractivity contribution is -0.116.